The zero-order valence-electron chi connectivity index (χ0n) is 11.5. The van der Waals surface area contributed by atoms with Crippen molar-refractivity contribution in [1.29, 1.82) is 0 Å². The molecule has 1 aromatic carbocycles. The van der Waals surface area contributed by atoms with Gasteiger partial charge in [-0.25, -0.2) is 8.42 Å². The number of hydrogen-bond donors (Lipinski definition) is 0. The van der Waals surface area contributed by atoms with Crippen molar-refractivity contribution in [2.45, 2.75) is 25.7 Å². The largest absolute Gasteiger partial charge is 0.236 e. The maximum absolute atomic E-state index is 12.3. The van der Waals surface area contributed by atoms with Crippen LogP contribution in [-0.4, -0.2) is 25.8 Å². The molecule has 1 aliphatic carbocycles. The average Bonchev–Trinajstić information content (AvgIpc) is 3.31. The maximum Gasteiger partial charge on any atom is 0.236 e. The second kappa shape index (κ2) is 5.54. The van der Waals surface area contributed by atoms with Crippen LogP contribution in [0, 0.1) is 0 Å². The van der Waals surface area contributed by atoms with Crippen LogP contribution in [0.25, 0.3) is 6.08 Å². The van der Waals surface area contributed by atoms with Crippen LogP contribution in [0.1, 0.15) is 31.2 Å². The van der Waals surface area contributed by atoms with Crippen LogP contribution in [0.5, 0.6) is 0 Å². The summed E-state index contributed by atoms with van der Waals surface area (Å²) in [6.45, 7) is 1.25. The second-order valence-corrected chi connectivity index (χ2v) is 7.18. The minimum atomic E-state index is -3.28. The Hall–Kier alpha value is -1.39. The minimum absolute atomic E-state index is 0.625. The summed E-state index contributed by atoms with van der Waals surface area (Å²) in [6, 6.07) is 9.53. The number of piperidine rings is 1. The van der Waals surface area contributed by atoms with Crippen LogP contribution in [0.4, 0.5) is 0 Å². The van der Waals surface area contributed by atoms with Crippen molar-refractivity contribution in [3.05, 3.63) is 52.4 Å². The topological polar surface area (TPSA) is 37.4 Å². The lowest BCUT2D eigenvalue weighted by atomic mass is 10.1. The van der Waals surface area contributed by atoms with Crippen molar-refractivity contribution < 1.29 is 8.42 Å². The van der Waals surface area contributed by atoms with Gasteiger partial charge in [0, 0.05) is 18.5 Å². The van der Waals surface area contributed by atoms with Crippen LogP contribution in [0.2, 0.25) is 0 Å². The molecule has 2 aliphatic rings. The van der Waals surface area contributed by atoms with Crippen LogP contribution < -0.4 is 0 Å². The molecule has 0 radical (unpaired) electrons. The normalized spacial score (nSPS) is 20.6. The SMILES string of the molecule is O=S(=O)(/C=C/c1ccccc1)N1CCC(=C2CC2)CC1. The Labute approximate surface area is 120 Å². The van der Waals surface area contributed by atoms with Gasteiger partial charge in [0.15, 0.2) is 0 Å². The lowest BCUT2D eigenvalue weighted by molar-refractivity contribution is 0.391. The Morgan fingerprint density at radius 2 is 1.50 bits per heavy atom. The van der Waals surface area contributed by atoms with Gasteiger partial charge in [0.25, 0.3) is 0 Å². The molecule has 2 fully saturated rings. The van der Waals surface area contributed by atoms with E-state index in [-0.39, 0.29) is 0 Å². The highest BCUT2D eigenvalue weighted by molar-refractivity contribution is 7.92. The molecular formula is C16H19NO2S. The van der Waals surface area contributed by atoms with Crippen molar-refractivity contribution in [2.24, 2.45) is 0 Å². The molecule has 1 heterocycles. The number of hydrogen-bond acceptors (Lipinski definition) is 2. The van der Waals surface area contributed by atoms with E-state index in [1.165, 1.54) is 23.8 Å². The van der Waals surface area contributed by atoms with Gasteiger partial charge in [-0.05, 0) is 37.3 Å². The highest BCUT2D eigenvalue weighted by Crippen LogP contribution is 2.36. The van der Waals surface area contributed by atoms with Gasteiger partial charge in [-0.15, -0.1) is 0 Å². The Bertz CT molecular complexity index is 628. The first-order valence-corrected chi connectivity index (χ1v) is 8.58. The molecule has 1 saturated heterocycles. The zero-order valence-corrected chi connectivity index (χ0v) is 12.3. The highest BCUT2D eigenvalue weighted by atomic mass is 32.2. The number of benzene rings is 1. The molecule has 1 saturated carbocycles. The summed E-state index contributed by atoms with van der Waals surface area (Å²) < 4.78 is 26.1. The number of sulfonamides is 1. The van der Waals surface area contributed by atoms with Crippen LogP contribution in [0.3, 0.4) is 0 Å². The van der Waals surface area contributed by atoms with Gasteiger partial charge in [0.05, 0.1) is 0 Å². The summed E-state index contributed by atoms with van der Waals surface area (Å²) in [5, 5.41) is 1.33. The van der Waals surface area contributed by atoms with Crippen LogP contribution >= 0.6 is 0 Å². The summed E-state index contributed by atoms with van der Waals surface area (Å²) >= 11 is 0. The molecule has 106 valence electrons. The molecule has 20 heavy (non-hydrogen) atoms. The smallest absolute Gasteiger partial charge is 0.208 e. The van der Waals surface area contributed by atoms with Crippen LogP contribution in [-0.2, 0) is 10.0 Å². The van der Waals surface area contributed by atoms with E-state index in [2.05, 4.69) is 0 Å². The molecule has 3 rings (SSSR count). The van der Waals surface area contributed by atoms with Gasteiger partial charge in [-0.1, -0.05) is 41.5 Å². The third-order valence-electron chi connectivity index (χ3n) is 3.92. The molecule has 0 N–H and O–H groups in total. The van der Waals surface area contributed by atoms with E-state index in [1.54, 1.807) is 16.0 Å². The second-order valence-electron chi connectivity index (χ2n) is 5.36. The highest BCUT2D eigenvalue weighted by Gasteiger charge is 2.26. The predicted molar refractivity (Wildman–Crippen MR) is 81.5 cm³/mol. The molecule has 1 aliphatic heterocycles. The lowest BCUT2D eigenvalue weighted by Crippen LogP contribution is -2.35. The molecular weight excluding hydrogens is 270 g/mol. The predicted octanol–water partition coefficient (Wildman–Crippen LogP) is 3.17. The van der Waals surface area contributed by atoms with E-state index in [0.29, 0.717) is 13.1 Å². The van der Waals surface area contributed by atoms with Crippen LogP contribution in [0.15, 0.2) is 46.9 Å². The summed E-state index contributed by atoms with van der Waals surface area (Å²) in [5.41, 5.74) is 3.99. The summed E-state index contributed by atoms with van der Waals surface area (Å²) in [7, 11) is -3.28. The summed E-state index contributed by atoms with van der Waals surface area (Å²) in [5.74, 6) is 0. The molecule has 1 aromatic rings. The molecule has 0 unspecified atom stereocenters. The Kier molecular flexibility index (Phi) is 3.76. The fraction of sp³-hybridized carbons (Fsp3) is 0.375. The van der Waals surface area contributed by atoms with E-state index >= 15 is 0 Å². The minimum Gasteiger partial charge on any atom is -0.208 e. The average molecular weight is 289 g/mol. The van der Waals surface area contributed by atoms with Crippen molar-refractivity contribution >= 4 is 16.1 Å². The first kappa shape index (κ1) is 13.6. The molecule has 0 bridgehead atoms. The summed E-state index contributed by atoms with van der Waals surface area (Å²) in [6.07, 6.45) is 5.96. The van der Waals surface area contributed by atoms with E-state index in [4.69, 9.17) is 0 Å². The van der Waals surface area contributed by atoms with E-state index in [9.17, 15) is 8.42 Å². The van der Waals surface area contributed by atoms with Gasteiger partial charge >= 0.3 is 0 Å². The van der Waals surface area contributed by atoms with Gasteiger partial charge in [-0.2, -0.15) is 4.31 Å². The molecule has 3 nitrogen and oxygen atoms in total. The van der Waals surface area contributed by atoms with Crippen molar-refractivity contribution in [1.82, 2.24) is 4.31 Å². The van der Waals surface area contributed by atoms with Crippen molar-refractivity contribution in [2.75, 3.05) is 13.1 Å². The van der Waals surface area contributed by atoms with Gasteiger partial charge in [0.2, 0.25) is 10.0 Å². The van der Waals surface area contributed by atoms with E-state index in [0.717, 1.165) is 18.4 Å². The van der Waals surface area contributed by atoms with Gasteiger partial charge in [-0.3, -0.25) is 0 Å². The monoisotopic (exact) mass is 289 g/mol. The van der Waals surface area contributed by atoms with Gasteiger partial charge < -0.3 is 0 Å². The quantitative estimate of drug-likeness (QED) is 0.802. The Balaban J connectivity index is 1.67. The number of allylic oxidation sites excluding steroid dienone is 1. The molecule has 0 atom stereocenters. The lowest BCUT2D eigenvalue weighted by Gasteiger charge is -2.26. The molecule has 4 heteroatoms. The van der Waals surface area contributed by atoms with E-state index in [1.807, 2.05) is 30.3 Å². The number of nitrogens with zero attached hydrogens (tertiary/aromatic N) is 1. The molecule has 0 spiro atoms. The van der Waals surface area contributed by atoms with Gasteiger partial charge in [0.1, 0.15) is 0 Å². The fourth-order valence-electron chi connectivity index (χ4n) is 2.59. The maximum atomic E-state index is 12.3. The van der Waals surface area contributed by atoms with Crippen molar-refractivity contribution in [3.8, 4) is 0 Å². The van der Waals surface area contributed by atoms with E-state index < -0.39 is 10.0 Å². The number of rotatable bonds is 3. The third-order valence-corrected chi connectivity index (χ3v) is 5.48. The third kappa shape index (κ3) is 3.19. The Morgan fingerprint density at radius 3 is 2.10 bits per heavy atom. The summed E-state index contributed by atoms with van der Waals surface area (Å²) in [4.78, 5) is 0. The zero-order chi connectivity index (χ0) is 14.0. The van der Waals surface area contributed by atoms with Crippen molar-refractivity contribution in [3.63, 3.8) is 0 Å². The molecule has 0 aromatic heterocycles. The standard InChI is InChI=1S/C16H19NO2S/c18-20(19,13-10-14-4-2-1-3-5-14)17-11-8-16(9-12-17)15-6-7-15/h1-5,10,13H,6-9,11-12H2/b13-10+. The molecule has 0 amide bonds. The first-order valence-electron chi connectivity index (χ1n) is 7.08. The Morgan fingerprint density at radius 1 is 0.900 bits per heavy atom. The first-order chi connectivity index (χ1) is 9.65. The fourth-order valence-corrected chi connectivity index (χ4v) is 3.79.